The molecule has 0 fully saturated rings. The van der Waals surface area contributed by atoms with E-state index >= 15 is 0 Å². The zero-order chi connectivity index (χ0) is 25.4. The van der Waals surface area contributed by atoms with Crippen molar-refractivity contribution < 1.29 is 17.9 Å². The van der Waals surface area contributed by atoms with E-state index in [0.717, 1.165) is 0 Å². The van der Waals surface area contributed by atoms with Crippen LogP contribution in [0.5, 0.6) is 5.75 Å². The maximum absolute atomic E-state index is 13.8. The molecule has 0 saturated carbocycles. The lowest BCUT2D eigenvalue weighted by atomic mass is 10.2. The normalized spacial score (nSPS) is 12.3. The molecule has 0 radical (unpaired) electrons. The van der Waals surface area contributed by atoms with Crippen LogP contribution in [0, 0.1) is 0 Å². The lowest BCUT2D eigenvalue weighted by Crippen LogP contribution is -2.42. The van der Waals surface area contributed by atoms with Gasteiger partial charge in [0.1, 0.15) is 18.6 Å². The van der Waals surface area contributed by atoms with Gasteiger partial charge in [-0.1, -0.05) is 35.3 Å². The van der Waals surface area contributed by atoms with Crippen LogP contribution in [0.25, 0.3) is 0 Å². The summed E-state index contributed by atoms with van der Waals surface area (Å²) in [4.78, 5) is 2.04. The van der Waals surface area contributed by atoms with Crippen molar-refractivity contribution in [1.29, 1.82) is 0 Å². The summed E-state index contributed by atoms with van der Waals surface area (Å²) in [5.41, 5.74) is 6.78. The molecule has 1 unspecified atom stereocenters. The SMILES string of the molecule is CC(OCCN)N(c1ccccc1N(C)CCOc1ccc(Cl)cc1)S(=O)(=O)c1ccc(Cl)cc1. The largest absolute Gasteiger partial charge is 0.492 e. The minimum Gasteiger partial charge on any atom is -0.492 e. The molecule has 0 bridgehead atoms. The minimum absolute atomic E-state index is 0.105. The van der Waals surface area contributed by atoms with Gasteiger partial charge in [-0.05, 0) is 67.6 Å². The van der Waals surface area contributed by atoms with Crippen molar-refractivity contribution in [3.8, 4) is 5.75 Å². The summed E-state index contributed by atoms with van der Waals surface area (Å²) in [5, 5.41) is 1.08. The molecule has 3 aromatic carbocycles. The molecule has 0 spiro atoms. The summed E-state index contributed by atoms with van der Waals surface area (Å²) < 4.78 is 40.4. The third-order valence-electron chi connectivity index (χ3n) is 5.22. The molecule has 0 heterocycles. The number of sulfonamides is 1. The van der Waals surface area contributed by atoms with Crippen LogP contribution < -0.4 is 19.7 Å². The van der Waals surface area contributed by atoms with Gasteiger partial charge in [0.15, 0.2) is 0 Å². The Labute approximate surface area is 217 Å². The Bertz CT molecular complexity index is 1190. The molecule has 188 valence electrons. The highest BCUT2D eigenvalue weighted by molar-refractivity contribution is 7.92. The van der Waals surface area contributed by atoms with Crippen molar-refractivity contribution >= 4 is 44.6 Å². The van der Waals surface area contributed by atoms with E-state index in [1.807, 2.05) is 24.1 Å². The second-order valence-corrected chi connectivity index (χ2v) is 10.4. The number of rotatable bonds is 12. The predicted octanol–water partition coefficient (Wildman–Crippen LogP) is 5.03. The smallest absolute Gasteiger partial charge is 0.266 e. The number of benzene rings is 3. The van der Waals surface area contributed by atoms with Gasteiger partial charge in [0.25, 0.3) is 10.0 Å². The lowest BCUT2D eigenvalue weighted by Gasteiger charge is -2.33. The Kier molecular flexibility index (Phi) is 9.65. The van der Waals surface area contributed by atoms with Crippen molar-refractivity contribution in [1.82, 2.24) is 0 Å². The molecule has 0 aromatic heterocycles. The molecule has 0 amide bonds. The molecule has 10 heteroatoms. The number of ether oxygens (including phenoxy) is 2. The summed E-state index contributed by atoms with van der Waals surface area (Å²) in [7, 11) is -2.11. The quantitative estimate of drug-likeness (QED) is 0.326. The molecule has 0 aliphatic carbocycles. The Morgan fingerprint density at radius 1 is 0.886 bits per heavy atom. The van der Waals surface area contributed by atoms with Gasteiger partial charge < -0.3 is 20.1 Å². The van der Waals surface area contributed by atoms with Gasteiger partial charge in [-0.2, -0.15) is 0 Å². The van der Waals surface area contributed by atoms with Crippen LogP contribution in [-0.4, -0.2) is 48.0 Å². The third-order valence-corrected chi connectivity index (χ3v) is 7.60. The first kappa shape index (κ1) is 27.1. The van der Waals surface area contributed by atoms with Crippen molar-refractivity contribution in [2.75, 3.05) is 42.6 Å². The van der Waals surface area contributed by atoms with E-state index in [2.05, 4.69) is 0 Å². The second kappa shape index (κ2) is 12.5. The summed E-state index contributed by atoms with van der Waals surface area (Å²) in [5.74, 6) is 0.701. The second-order valence-electron chi connectivity index (χ2n) is 7.73. The molecular weight excluding hydrogens is 509 g/mol. The van der Waals surface area contributed by atoms with Gasteiger partial charge in [-0.25, -0.2) is 12.7 Å². The number of likely N-dealkylation sites (N-methyl/N-ethyl adjacent to an activating group) is 1. The molecule has 3 aromatic rings. The van der Waals surface area contributed by atoms with Crippen LogP contribution >= 0.6 is 23.2 Å². The van der Waals surface area contributed by atoms with Crippen LogP contribution in [0.1, 0.15) is 6.92 Å². The number of anilines is 2. The van der Waals surface area contributed by atoms with Gasteiger partial charge in [0.2, 0.25) is 0 Å². The molecule has 0 saturated heterocycles. The first-order valence-corrected chi connectivity index (χ1v) is 13.2. The summed E-state index contributed by atoms with van der Waals surface area (Å²) in [6.07, 6.45) is -0.806. The predicted molar refractivity (Wildman–Crippen MR) is 142 cm³/mol. The highest BCUT2D eigenvalue weighted by Crippen LogP contribution is 2.35. The maximum Gasteiger partial charge on any atom is 0.266 e. The van der Waals surface area contributed by atoms with Crippen molar-refractivity contribution in [2.45, 2.75) is 18.0 Å². The topological polar surface area (TPSA) is 85.1 Å². The number of nitrogens with two attached hydrogens (primary N) is 1. The molecule has 3 rings (SSSR count). The van der Waals surface area contributed by atoms with Gasteiger partial charge in [-0.15, -0.1) is 0 Å². The van der Waals surface area contributed by atoms with Gasteiger partial charge in [0, 0.05) is 23.6 Å². The van der Waals surface area contributed by atoms with Gasteiger partial charge in [0.05, 0.1) is 29.4 Å². The van der Waals surface area contributed by atoms with E-state index in [1.165, 1.54) is 16.4 Å². The Hall–Kier alpha value is -2.49. The molecule has 35 heavy (non-hydrogen) atoms. The number of halogens is 2. The number of hydrogen-bond donors (Lipinski definition) is 1. The van der Waals surface area contributed by atoms with E-state index in [1.54, 1.807) is 55.5 Å². The fraction of sp³-hybridized carbons (Fsp3) is 0.280. The molecular formula is C25H29Cl2N3O4S. The van der Waals surface area contributed by atoms with Gasteiger partial charge in [-0.3, -0.25) is 0 Å². The van der Waals surface area contributed by atoms with Crippen LogP contribution in [0.4, 0.5) is 11.4 Å². The first-order chi connectivity index (χ1) is 16.7. The fourth-order valence-corrected chi connectivity index (χ4v) is 5.30. The Morgan fingerprint density at radius 3 is 2.06 bits per heavy atom. The molecule has 0 aliphatic rings. The average Bonchev–Trinajstić information content (AvgIpc) is 2.84. The average molecular weight is 538 g/mol. The van der Waals surface area contributed by atoms with E-state index < -0.39 is 16.3 Å². The Morgan fingerprint density at radius 2 is 1.46 bits per heavy atom. The summed E-state index contributed by atoms with van der Waals surface area (Å²) in [6, 6.07) is 20.4. The van der Waals surface area contributed by atoms with Crippen LogP contribution in [0.3, 0.4) is 0 Å². The van der Waals surface area contributed by atoms with E-state index in [9.17, 15) is 8.42 Å². The summed E-state index contributed by atoms with van der Waals surface area (Å²) in [6.45, 7) is 3.05. The molecule has 1 atom stereocenters. The maximum atomic E-state index is 13.8. The number of nitrogens with zero attached hydrogens (tertiary/aromatic N) is 2. The minimum atomic E-state index is -3.99. The fourth-order valence-electron chi connectivity index (χ4n) is 3.47. The van der Waals surface area contributed by atoms with Crippen molar-refractivity contribution in [3.05, 3.63) is 82.8 Å². The molecule has 2 N–H and O–H groups in total. The van der Waals surface area contributed by atoms with Gasteiger partial charge >= 0.3 is 0 Å². The first-order valence-electron chi connectivity index (χ1n) is 11.0. The van der Waals surface area contributed by atoms with Crippen LogP contribution in [0.2, 0.25) is 10.0 Å². The monoisotopic (exact) mass is 537 g/mol. The standard InChI is InChI=1S/C25H29Cl2N3O4S/c1-19(33-17-15-28)30(35(31,32)23-13-9-21(27)10-14-23)25-6-4-3-5-24(25)29(2)16-18-34-22-11-7-20(26)8-12-22/h3-14,19H,15-18,28H2,1-2H3. The zero-order valence-electron chi connectivity index (χ0n) is 19.6. The highest BCUT2D eigenvalue weighted by atomic mass is 35.5. The van der Waals surface area contributed by atoms with Crippen molar-refractivity contribution in [2.24, 2.45) is 5.73 Å². The third kappa shape index (κ3) is 7.02. The van der Waals surface area contributed by atoms with Crippen LogP contribution in [0.15, 0.2) is 77.7 Å². The van der Waals surface area contributed by atoms with Crippen molar-refractivity contribution in [3.63, 3.8) is 0 Å². The molecule has 7 nitrogen and oxygen atoms in total. The number of para-hydroxylation sites is 2. The van der Waals surface area contributed by atoms with E-state index in [-0.39, 0.29) is 18.0 Å². The summed E-state index contributed by atoms with van der Waals surface area (Å²) >= 11 is 11.9. The molecule has 0 aliphatic heterocycles. The lowest BCUT2D eigenvalue weighted by molar-refractivity contribution is 0.0801. The van der Waals surface area contributed by atoms with Crippen LogP contribution in [-0.2, 0) is 14.8 Å². The number of hydrogen-bond acceptors (Lipinski definition) is 6. The zero-order valence-corrected chi connectivity index (χ0v) is 21.9. The highest BCUT2D eigenvalue weighted by Gasteiger charge is 2.32. The van der Waals surface area contributed by atoms with E-state index in [0.29, 0.717) is 40.3 Å². The van der Waals surface area contributed by atoms with E-state index in [4.69, 9.17) is 38.4 Å². The Balaban J connectivity index is 1.90.